The molecular weight excluding hydrogens is 342 g/mol. The molecule has 0 aromatic heterocycles. The summed E-state index contributed by atoms with van der Waals surface area (Å²) in [7, 11) is 0. The Bertz CT molecular complexity index is 762. The maximum Gasteiger partial charge on any atom is 0.270 e. The summed E-state index contributed by atoms with van der Waals surface area (Å²) in [5.74, 6) is 0.882. The number of hydrogen-bond donors (Lipinski definition) is 1. The van der Waals surface area contributed by atoms with Crippen molar-refractivity contribution in [2.24, 2.45) is 0 Å². The van der Waals surface area contributed by atoms with Gasteiger partial charge in [-0.1, -0.05) is 50.7 Å². The molecule has 3 aliphatic rings. The van der Waals surface area contributed by atoms with Gasteiger partial charge in [-0.3, -0.25) is 14.9 Å². The van der Waals surface area contributed by atoms with Crippen molar-refractivity contribution in [1.82, 2.24) is 10.2 Å². The highest BCUT2D eigenvalue weighted by Gasteiger charge is 2.44. The van der Waals surface area contributed by atoms with Crippen LogP contribution < -0.4 is 5.32 Å². The van der Waals surface area contributed by atoms with Crippen LogP contribution in [0.3, 0.4) is 0 Å². The van der Waals surface area contributed by atoms with E-state index in [1.54, 1.807) is 12.1 Å². The van der Waals surface area contributed by atoms with Gasteiger partial charge in [-0.15, -0.1) is 0 Å². The molecule has 0 saturated heterocycles. The van der Waals surface area contributed by atoms with Crippen LogP contribution in [-0.2, 0) is 0 Å². The van der Waals surface area contributed by atoms with E-state index in [0.717, 1.165) is 37.2 Å². The third-order valence-corrected chi connectivity index (χ3v) is 6.08. The summed E-state index contributed by atoms with van der Waals surface area (Å²) in [6, 6.07) is 6.92. The lowest BCUT2D eigenvalue weighted by molar-refractivity contribution is -0.384. The summed E-state index contributed by atoms with van der Waals surface area (Å²) in [4.78, 5) is 25.9. The molecule has 0 radical (unpaired) electrons. The second kappa shape index (κ2) is 7.71. The first-order valence-electron chi connectivity index (χ1n) is 10.2. The standard InChI is InChI=1S/C21H27N3O3/c25-20(15-8-7-13-18(14-15)24(26)27)19-21(22-16-9-3-1-4-10-16)23(19)17-11-5-2-6-12-17/h7-8,13-14,16-17,22H,1-6,9-12H2. The summed E-state index contributed by atoms with van der Waals surface area (Å²) in [6.45, 7) is 0. The van der Waals surface area contributed by atoms with Gasteiger partial charge in [-0.2, -0.15) is 0 Å². The van der Waals surface area contributed by atoms with Crippen LogP contribution >= 0.6 is 0 Å². The number of nitro benzene ring substituents is 1. The molecule has 1 N–H and O–H groups in total. The molecule has 0 unspecified atom stereocenters. The number of hydrogen-bond acceptors (Lipinski definition) is 5. The second-order valence-electron chi connectivity index (χ2n) is 7.97. The molecule has 2 saturated carbocycles. The van der Waals surface area contributed by atoms with Crippen molar-refractivity contribution in [1.29, 1.82) is 0 Å². The van der Waals surface area contributed by atoms with Crippen LogP contribution in [0.25, 0.3) is 0 Å². The number of nitro groups is 1. The van der Waals surface area contributed by atoms with Gasteiger partial charge in [-0.25, -0.2) is 0 Å². The average molecular weight is 369 g/mol. The minimum atomic E-state index is -0.446. The molecule has 0 bridgehead atoms. The molecule has 4 rings (SSSR count). The molecule has 2 fully saturated rings. The molecule has 0 atom stereocenters. The van der Waals surface area contributed by atoms with E-state index in [9.17, 15) is 14.9 Å². The van der Waals surface area contributed by atoms with Crippen molar-refractivity contribution in [3.63, 3.8) is 0 Å². The number of non-ortho nitro benzene ring substituents is 1. The maximum atomic E-state index is 13.1. The van der Waals surface area contributed by atoms with E-state index in [0.29, 0.717) is 17.6 Å². The van der Waals surface area contributed by atoms with Gasteiger partial charge in [0, 0.05) is 29.8 Å². The van der Waals surface area contributed by atoms with Crippen molar-refractivity contribution in [3.8, 4) is 0 Å². The van der Waals surface area contributed by atoms with E-state index < -0.39 is 4.92 Å². The van der Waals surface area contributed by atoms with E-state index in [1.165, 1.54) is 50.7 Å². The van der Waals surface area contributed by atoms with Gasteiger partial charge in [0.25, 0.3) is 5.69 Å². The predicted molar refractivity (Wildman–Crippen MR) is 103 cm³/mol. The fraction of sp³-hybridized carbons (Fsp3) is 0.571. The lowest BCUT2D eigenvalue weighted by atomic mass is 9.95. The third-order valence-electron chi connectivity index (χ3n) is 6.08. The lowest BCUT2D eigenvalue weighted by Gasteiger charge is -2.28. The monoisotopic (exact) mass is 369 g/mol. The largest absolute Gasteiger partial charge is 0.367 e. The molecule has 1 aromatic carbocycles. The zero-order valence-electron chi connectivity index (χ0n) is 15.7. The van der Waals surface area contributed by atoms with E-state index in [4.69, 9.17) is 0 Å². The van der Waals surface area contributed by atoms with Crippen molar-refractivity contribution >= 4 is 11.5 Å². The fourth-order valence-electron chi connectivity index (χ4n) is 4.57. The summed E-state index contributed by atoms with van der Waals surface area (Å²) < 4.78 is 0. The number of rotatable bonds is 6. The van der Waals surface area contributed by atoms with Crippen LogP contribution in [0.4, 0.5) is 5.69 Å². The molecule has 1 aliphatic heterocycles. The Kier molecular flexibility index (Phi) is 5.14. The fourth-order valence-corrected chi connectivity index (χ4v) is 4.57. The summed E-state index contributed by atoms with van der Waals surface area (Å²) in [5.41, 5.74) is 1.10. The zero-order valence-corrected chi connectivity index (χ0v) is 15.7. The van der Waals surface area contributed by atoms with E-state index in [1.807, 2.05) is 0 Å². The predicted octanol–water partition coefficient (Wildman–Crippen LogP) is 4.52. The van der Waals surface area contributed by atoms with Gasteiger partial charge in [-0.05, 0) is 25.7 Å². The number of carbonyl (C=O) groups is 1. The highest BCUT2D eigenvalue weighted by molar-refractivity contribution is 6.11. The smallest absolute Gasteiger partial charge is 0.270 e. The number of nitrogens with zero attached hydrogens (tertiary/aromatic N) is 2. The molecule has 0 spiro atoms. The van der Waals surface area contributed by atoms with Crippen LogP contribution in [-0.4, -0.2) is 27.7 Å². The van der Waals surface area contributed by atoms with Gasteiger partial charge in [0.1, 0.15) is 11.5 Å². The Morgan fingerprint density at radius 1 is 1.04 bits per heavy atom. The molecule has 6 heteroatoms. The van der Waals surface area contributed by atoms with Crippen LogP contribution in [0.5, 0.6) is 0 Å². The first kappa shape index (κ1) is 18.0. The summed E-state index contributed by atoms with van der Waals surface area (Å²) in [5, 5.41) is 14.7. The van der Waals surface area contributed by atoms with Gasteiger partial charge in [0.15, 0.2) is 0 Å². The third kappa shape index (κ3) is 3.84. The van der Waals surface area contributed by atoms with Crippen LogP contribution in [0, 0.1) is 10.1 Å². The number of allylic oxidation sites excluding steroid dienone is 1. The quantitative estimate of drug-likeness (QED) is 0.453. The molecular formula is C21H27N3O3. The number of Topliss-reactive ketones (excluding diaryl/α,β-unsaturated/α-hetero) is 1. The van der Waals surface area contributed by atoms with Crippen molar-refractivity contribution in [3.05, 3.63) is 51.5 Å². The molecule has 0 amide bonds. The average Bonchev–Trinajstić information content (AvgIpc) is 3.42. The second-order valence-corrected chi connectivity index (χ2v) is 7.97. The zero-order chi connectivity index (χ0) is 18.8. The van der Waals surface area contributed by atoms with E-state index >= 15 is 0 Å². The van der Waals surface area contributed by atoms with Gasteiger partial charge >= 0.3 is 0 Å². The highest BCUT2D eigenvalue weighted by Crippen LogP contribution is 2.41. The Morgan fingerprint density at radius 3 is 2.37 bits per heavy atom. The van der Waals surface area contributed by atoms with E-state index in [2.05, 4.69) is 10.2 Å². The number of benzene rings is 1. The SMILES string of the molecule is O=C(C1=C(NC2CCCCC2)N1C1CCCCC1)c1cccc([N+](=O)[O-])c1. The van der Waals surface area contributed by atoms with Gasteiger partial charge < -0.3 is 10.2 Å². The van der Waals surface area contributed by atoms with Crippen LogP contribution in [0.2, 0.25) is 0 Å². The highest BCUT2D eigenvalue weighted by atomic mass is 16.6. The molecule has 144 valence electrons. The minimum absolute atomic E-state index is 0.0342. The molecule has 6 nitrogen and oxygen atoms in total. The minimum Gasteiger partial charge on any atom is -0.367 e. The Morgan fingerprint density at radius 2 is 1.70 bits per heavy atom. The Hall–Kier alpha value is -2.37. The van der Waals surface area contributed by atoms with Gasteiger partial charge in [0.05, 0.1) is 4.92 Å². The Labute approximate surface area is 159 Å². The van der Waals surface area contributed by atoms with Crippen molar-refractivity contribution in [2.45, 2.75) is 76.3 Å². The lowest BCUT2D eigenvalue weighted by Crippen LogP contribution is -2.33. The number of ketones is 1. The van der Waals surface area contributed by atoms with E-state index in [-0.39, 0.29) is 11.5 Å². The number of carbonyl (C=O) groups excluding carboxylic acids is 1. The molecule has 27 heavy (non-hydrogen) atoms. The number of nitrogens with one attached hydrogen (secondary N) is 1. The van der Waals surface area contributed by atoms with Crippen LogP contribution in [0.15, 0.2) is 35.8 Å². The Balaban J connectivity index is 1.56. The molecule has 1 aromatic rings. The van der Waals surface area contributed by atoms with Crippen LogP contribution in [0.1, 0.15) is 74.6 Å². The molecule has 1 heterocycles. The first-order valence-corrected chi connectivity index (χ1v) is 10.2. The molecule has 2 aliphatic carbocycles. The normalized spacial score (nSPS) is 21.3. The van der Waals surface area contributed by atoms with Gasteiger partial charge in [0.2, 0.25) is 5.78 Å². The summed E-state index contributed by atoms with van der Waals surface area (Å²) >= 11 is 0. The topological polar surface area (TPSA) is 75.2 Å². The van der Waals surface area contributed by atoms with Crippen molar-refractivity contribution < 1.29 is 9.72 Å². The first-order chi connectivity index (χ1) is 13.1. The maximum absolute atomic E-state index is 13.1. The summed E-state index contributed by atoms with van der Waals surface area (Å²) in [6.07, 6.45) is 12.0. The van der Waals surface area contributed by atoms with Crippen molar-refractivity contribution in [2.75, 3.05) is 0 Å².